The van der Waals surface area contributed by atoms with Crippen molar-refractivity contribution in [2.45, 2.75) is 103 Å². The minimum absolute atomic E-state index is 0.500. The summed E-state index contributed by atoms with van der Waals surface area (Å²) in [5.74, 6) is 2.03. The van der Waals surface area contributed by atoms with Gasteiger partial charge in [-0.25, -0.2) is 0 Å². The van der Waals surface area contributed by atoms with Crippen molar-refractivity contribution in [1.82, 2.24) is 15.5 Å². The van der Waals surface area contributed by atoms with Gasteiger partial charge in [0.25, 0.3) is 0 Å². The Morgan fingerprint density at radius 1 is 1.12 bits per heavy atom. The first kappa shape index (κ1) is 29.2. The van der Waals surface area contributed by atoms with Crippen molar-refractivity contribution in [3.05, 3.63) is 25.4 Å². The molecular weight excluding hydrogens is 398 g/mol. The van der Waals surface area contributed by atoms with Crippen molar-refractivity contribution < 1.29 is 9.84 Å². The predicted octanol–water partition coefficient (Wildman–Crippen LogP) is 4.58. The number of likely N-dealkylation sites (N-methyl/N-ethyl adjacent to an activating group) is 1. The molecule has 3 aliphatic rings. The van der Waals surface area contributed by atoms with Crippen LogP contribution in [0.3, 0.4) is 0 Å². The van der Waals surface area contributed by atoms with E-state index >= 15 is 0 Å². The fourth-order valence-corrected chi connectivity index (χ4v) is 5.29. The largest absolute Gasteiger partial charge is 0.391 e. The average molecular weight is 452 g/mol. The van der Waals surface area contributed by atoms with Crippen LogP contribution in [-0.4, -0.2) is 66.6 Å². The van der Waals surface area contributed by atoms with Gasteiger partial charge in [-0.2, -0.15) is 0 Å². The number of allylic oxidation sites excluding steroid dienone is 1. The van der Waals surface area contributed by atoms with Crippen molar-refractivity contribution in [3.8, 4) is 0 Å². The van der Waals surface area contributed by atoms with Gasteiger partial charge in [-0.1, -0.05) is 20.4 Å². The second kappa shape index (κ2) is 13.7. The van der Waals surface area contributed by atoms with Crippen LogP contribution in [0.25, 0.3) is 0 Å². The van der Waals surface area contributed by atoms with E-state index in [1.54, 1.807) is 20.8 Å². The maximum absolute atomic E-state index is 8.52. The fourth-order valence-electron chi connectivity index (χ4n) is 5.29. The van der Waals surface area contributed by atoms with Gasteiger partial charge in [-0.3, -0.25) is 0 Å². The maximum atomic E-state index is 8.52. The van der Waals surface area contributed by atoms with E-state index in [1.807, 2.05) is 0 Å². The van der Waals surface area contributed by atoms with E-state index in [9.17, 15) is 0 Å². The van der Waals surface area contributed by atoms with Crippen molar-refractivity contribution in [3.63, 3.8) is 0 Å². The van der Waals surface area contributed by atoms with Crippen LogP contribution in [0.5, 0.6) is 0 Å². The lowest BCUT2D eigenvalue weighted by Crippen LogP contribution is -2.46. The molecule has 2 saturated heterocycles. The monoisotopic (exact) mass is 451 g/mol. The minimum Gasteiger partial charge on any atom is -0.391 e. The molecule has 3 fully saturated rings. The maximum Gasteiger partial charge on any atom is 0.0563 e. The van der Waals surface area contributed by atoms with Crippen LogP contribution in [0.4, 0.5) is 0 Å². The molecule has 1 saturated carbocycles. The predicted molar refractivity (Wildman–Crippen MR) is 138 cm³/mol. The second-order valence-electron chi connectivity index (χ2n) is 10.8. The summed E-state index contributed by atoms with van der Waals surface area (Å²) >= 11 is 0. The molecule has 3 N–H and O–H groups in total. The SMILES string of the molecule is C=C.C=C(C1CCC(NC2CCOCC2CC)C1)N1CC(NC)C(C)C1C.CC(C)(C)O. The average Bonchev–Trinajstić information content (AvgIpc) is 3.33. The summed E-state index contributed by atoms with van der Waals surface area (Å²) in [7, 11) is 2.09. The lowest BCUT2D eigenvalue weighted by molar-refractivity contribution is 0.0274. The van der Waals surface area contributed by atoms with Gasteiger partial charge in [-0.15, -0.1) is 13.2 Å². The Labute approximate surface area is 199 Å². The Morgan fingerprint density at radius 2 is 1.75 bits per heavy atom. The number of likely N-dealkylation sites (tertiary alicyclic amines) is 1. The molecule has 3 rings (SSSR count). The molecule has 188 valence electrons. The fraction of sp³-hybridized carbons (Fsp3) is 0.852. The van der Waals surface area contributed by atoms with Crippen LogP contribution in [0.15, 0.2) is 25.4 Å². The zero-order chi connectivity index (χ0) is 24.5. The van der Waals surface area contributed by atoms with Crippen molar-refractivity contribution >= 4 is 0 Å². The summed E-state index contributed by atoms with van der Waals surface area (Å²) in [6.45, 7) is 25.8. The van der Waals surface area contributed by atoms with Gasteiger partial charge in [0, 0.05) is 43.0 Å². The topological polar surface area (TPSA) is 56.8 Å². The molecule has 0 bridgehead atoms. The third-order valence-electron chi connectivity index (χ3n) is 7.37. The normalized spacial score (nSPS) is 34.9. The molecular formula is C27H53N3O2. The number of aliphatic hydroxyl groups is 1. The highest BCUT2D eigenvalue weighted by Gasteiger charge is 2.39. The lowest BCUT2D eigenvalue weighted by atomic mass is 9.92. The third-order valence-corrected chi connectivity index (χ3v) is 7.37. The molecule has 1 aliphatic carbocycles. The highest BCUT2D eigenvalue weighted by Crippen LogP contribution is 2.37. The highest BCUT2D eigenvalue weighted by molar-refractivity contribution is 5.10. The van der Waals surface area contributed by atoms with Crippen LogP contribution in [0.1, 0.15) is 73.6 Å². The Bertz CT molecular complexity index is 542. The van der Waals surface area contributed by atoms with Gasteiger partial charge < -0.3 is 25.4 Å². The molecule has 32 heavy (non-hydrogen) atoms. The molecule has 7 atom stereocenters. The smallest absolute Gasteiger partial charge is 0.0563 e. The third kappa shape index (κ3) is 8.81. The van der Waals surface area contributed by atoms with Crippen LogP contribution in [0.2, 0.25) is 0 Å². The van der Waals surface area contributed by atoms with E-state index in [0.29, 0.717) is 41.9 Å². The zero-order valence-electron chi connectivity index (χ0n) is 22.1. The molecule has 2 heterocycles. The Morgan fingerprint density at radius 3 is 2.28 bits per heavy atom. The number of rotatable bonds is 6. The van der Waals surface area contributed by atoms with Crippen molar-refractivity contribution in [1.29, 1.82) is 0 Å². The first-order valence-electron chi connectivity index (χ1n) is 12.7. The van der Waals surface area contributed by atoms with E-state index in [1.165, 1.54) is 37.8 Å². The minimum atomic E-state index is -0.500. The van der Waals surface area contributed by atoms with E-state index in [0.717, 1.165) is 19.8 Å². The summed E-state index contributed by atoms with van der Waals surface area (Å²) in [4.78, 5) is 2.59. The van der Waals surface area contributed by atoms with E-state index in [-0.39, 0.29) is 0 Å². The van der Waals surface area contributed by atoms with Gasteiger partial charge in [0.15, 0.2) is 0 Å². The van der Waals surface area contributed by atoms with Gasteiger partial charge in [-0.05, 0) is 84.6 Å². The first-order valence-corrected chi connectivity index (χ1v) is 12.7. The number of ether oxygens (including phenoxy) is 1. The van der Waals surface area contributed by atoms with Gasteiger partial charge in [0.1, 0.15) is 0 Å². The summed E-state index contributed by atoms with van der Waals surface area (Å²) in [6.07, 6.45) is 6.23. The molecule has 5 nitrogen and oxygen atoms in total. The first-order chi connectivity index (χ1) is 15.0. The van der Waals surface area contributed by atoms with Crippen LogP contribution in [0, 0.1) is 17.8 Å². The van der Waals surface area contributed by atoms with E-state index < -0.39 is 5.60 Å². The van der Waals surface area contributed by atoms with Gasteiger partial charge >= 0.3 is 0 Å². The lowest BCUT2D eigenvalue weighted by Gasteiger charge is -2.34. The number of nitrogens with zero attached hydrogens (tertiary/aromatic N) is 1. The summed E-state index contributed by atoms with van der Waals surface area (Å²) in [5, 5.41) is 16.0. The Hall–Kier alpha value is -0.880. The zero-order valence-corrected chi connectivity index (χ0v) is 22.1. The van der Waals surface area contributed by atoms with E-state index in [2.05, 4.69) is 63.1 Å². The summed E-state index contributed by atoms with van der Waals surface area (Å²) in [5.41, 5.74) is 0.889. The molecule has 5 heteroatoms. The summed E-state index contributed by atoms with van der Waals surface area (Å²) < 4.78 is 5.67. The molecule has 0 aromatic rings. The Kier molecular flexibility index (Phi) is 12.5. The highest BCUT2D eigenvalue weighted by atomic mass is 16.5. The molecule has 0 spiro atoms. The number of nitrogens with one attached hydrogen (secondary N) is 2. The molecule has 7 unspecified atom stereocenters. The number of hydrogen-bond donors (Lipinski definition) is 3. The molecule has 0 aromatic carbocycles. The second-order valence-corrected chi connectivity index (χ2v) is 10.8. The van der Waals surface area contributed by atoms with Crippen LogP contribution >= 0.6 is 0 Å². The van der Waals surface area contributed by atoms with Crippen LogP contribution in [-0.2, 0) is 4.74 Å². The number of hydrogen-bond acceptors (Lipinski definition) is 5. The quantitative estimate of drug-likeness (QED) is 0.516. The van der Waals surface area contributed by atoms with Crippen molar-refractivity contribution in [2.75, 3.05) is 26.8 Å². The molecule has 0 aromatic heterocycles. The molecule has 0 radical (unpaired) electrons. The summed E-state index contributed by atoms with van der Waals surface area (Å²) in [6, 6.07) is 2.50. The van der Waals surface area contributed by atoms with Gasteiger partial charge in [0.2, 0.25) is 0 Å². The standard InChI is InChI=1S/C21H39N3O.C4H10O.C2H4/c1-6-17-13-25-10-9-20(17)23-19-8-7-18(11-19)16(4)24-12-21(22-5)14(2)15(24)3;1-4(2,3)5;1-2/h14-15,17-23H,4,6-13H2,1-3,5H3;5H,1-3H3;1-2H2. The van der Waals surface area contributed by atoms with Crippen molar-refractivity contribution in [2.24, 2.45) is 17.8 Å². The van der Waals surface area contributed by atoms with Gasteiger partial charge in [0.05, 0.1) is 12.2 Å². The van der Waals surface area contributed by atoms with Crippen LogP contribution < -0.4 is 10.6 Å². The molecule has 2 aliphatic heterocycles. The molecule has 0 amide bonds. The Balaban J connectivity index is 0.000000646. The van der Waals surface area contributed by atoms with E-state index in [4.69, 9.17) is 9.84 Å².